The molecule has 0 fully saturated rings. The van der Waals surface area contributed by atoms with Gasteiger partial charge in [0.25, 0.3) is 40.0 Å². The first-order valence-electron chi connectivity index (χ1n) is 24.0. The maximum absolute atomic E-state index is 13.4. The molecular formula is C51H62N10O15. The number of aryl methyl sites for hydroxylation is 4. The minimum Gasteiger partial charge on any atom is -0.503 e. The van der Waals surface area contributed by atoms with E-state index in [2.05, 4.69) is 21.3 Å². The minimum absolute atomic E-state index is 0.0212. The molecule has 0 saturated carbocycles. The molecule has 9 N–H and O–H groups in total. The summed E-state index contributed by atoms with van der Waals surface area (Å²) < 4.78 is 4.44. The quantitative estimate of drug-likeness (QED) is 0.0308. The van der Waals surface area contributed by atoms with Crippen LogP contribution in [0.5, 0.6) is 23.0 Å². The Labute approximate surface area is 434 Å². The zero-order chi connectivity index (χ0) is 55.8. The van der Waals surface area contributed by atoms with E-state index in [9.17, 15) is 68.4 Å². The first-order chi connectivity index (χ1) is 36.1. The molecule has 5 rings (SSSR count). The summed E-state index contributed by atoms with van der Waals surface area (Å²) in [6.07, 6.45) is 5.15. The zero-order valence-corrected chi connectivity index (χ0v) is 42.4. The number of carboxylic acids is 1. The van der Waals surface area contributed by atoms with Crippen molar-refractivity contribution in [1.82, 2.24) is 44.0 Å². The van der Waals surface area contributed by atoms with Gasteiger partial charge in [-0.15, -0.1) is 0 Å². The fraction of sp³-hybridized carbons (Fsp3) is 0.373. The van der Waals surface area contributed by atoms with E-state index < -0.39 is 80.6 Å². The second-order valence-electron chi connectivity index (χ2n) is 18.1. The lowest BCUT2D eigenvalue weighted by molar-refractivity contribution is -0.138. The van der Waals surface area contributed by atoms with Gasteiger partial charge in [0.15, 0.2) is 28.8 Å². The standard InChI is InChI=1S/C51H62N10O15/c1-56-21-13-34(41(66)48(56)73)38(62)6-5-20-60(25-17-52-45(70)35-14-22-57(2)49(74)42(35)67)29-32(28-31-7-9-33(10-8-31)55-39(63)11-12-40(64)65)30-61(26-18-53-46(71)36-15-23-58(3)50(75)43(36)68)27-19-54-47(72)37-16-24-59(4)51(76)44(37)69/h7-10,13-16,21-24,32,66-69H,5-6,11-12,17-20,25-30H2,1-4H3,(H,52,70)(H,53,71)(H,54,72)(H,55,63)(H,64,65). The number of rotatable bonds is 27. The van der Waals surface area contributed by atoms with Gasteiger partial charge in [0, 0.05) is 124 Å². The Hall–Kier alpha value is -8.84. The van der Waals surface area contributed by atoms with E-state index in [0.717, 1.165) is 23.8 Å². The SMILES string of the molecule is Cn1ccc(C(=O)CCCN(CCNC(=O)c2ccn(C)c(=O)c2O)CC(Cc2ccc(NC(=O)CCC(=O)O)cc2)CN(CCNC(=O)c2ccn(C)c(=O)c2O)CCNC(=O)c2ccn(C)c(=O)c2O)c(O)c1=O. The van der Waals surface area contributed by atoms with Crippen molar-refractivity contribution in [2.24, 2.45) is 34.1 Å². The zero-order valence-electron chi connectivity index (χ0n) is 42.4. The minimum atomic E-state index is -1.13. The van der Waals surface area contributed by atoms with Gasteiger partial charge < -0.3 is 70.0 Å². The number of amides is 4. The summed E-state index contributed by atoms with van der Waals surface area (Å²) >= 11 is 0. The summed E-state index contributed by atoms with van der Waals surface area (Å²) in [7, 11) is 5.65. The normalized spacial score (nSPS) is 11.6. The first kappa shape index (κ1) is 58.1. The number of anilines is 1. The van der Waals surface area contributed by atoms with E-state index in [1.54, 1.807) is 24.3 Å². The van der Waals surface area contributed by atoms with Crippen LogP contribution in [-0.2, 0) is 44.2 Å². The van der Waals surface area contributed by atoms with Crippen LogP contribution in [0, 0.1) is 5.92 Å². The molecule has 0 aliphatic carbocycles. The highest BCUT2D eigenvalue weighted by atomic mass is 16.4. The Bertz CT molecular complexity index is 2860. The van der Waals surface area contributed by atoms with Gasteiger partial charge >= 0.3 is 5.97 Å². The molecule has 0 saturated heterocycles. The van der Waals surface area contributed by atoms with Crippen molar-refractivity contribution in [2.75, 3.05) is 64.2 Å². The molecule has 1 unspecified atom stereocenters. The van der Waals surface area contributed by atoms with Gasteiger partial charge in [0.05, 0.1) is 28.7 Å². The van der Waals surface area contributed by atoms with Gasteiger partial charge in [0.2, 0.25) is 5.91 Å². The van der Waals surface area contributed by atoms with Crippen LogP contribution >= 0.6 is 0 Å². The smallest absolute Gasteiger partial charge is 0.303 e. The van der Waals surface area contributed by atoms with Gasteiger partial charge in [-0.05, 0) is 67.3 Å². The summed E-state index contributed by atoms with van der Waals surface area (Å²) in [5, 5.41) is 61.7. The molecule has 25 nitrogen and oxygen atoms in total. The molecule has 0 aliphatic rings. The number of aromatic nitrogens is 4. The summed E-state index contributed by atoms with van der Waals surface area (Å²) in [5.41, 5.74) is -2.86. The van der Waals surface area contributed by atoms with Crippen LogP contribution in [0.1, 0.15) is 72.7 Å². The first-order valence-corrected chi connectivity index (χ1v) is 24.0. The van der Waals surface area contributed by atoms with Crippen molar-refractivity contribution in [1.29, 1.82) is 0 Å². The van der Waals surface area contributed by atoms with E-state index in [-0.39, 0.29) is 113 Å². The Morgan fingerprint density at radius 3 is 1.26 bits per heavy atom. The number of aromatic hydroxyl groups is 4. The highest BCUT2D eigenvalue weighted by Gasteiger charge is 2.24. The van der Waals surface area contributed by atoms with Crippen LogP contribution in [0.2, 0.25) is 0 Å². The molecule has 5 aromatic rings. The fourth-order valence-corrected chi connectivity index (χ4v) is 8.11. The van der Waals surface area contributed by atoms with Crippen molar-refractivity contribution in [3.63, 3.8) is 0 Å². The number of nitrogens with zero attached hydrogens (tertiary/aromatic N) is 6. The third-order valence-corrected chi connectivity index (χ3v) is 12.4. The molecule has 406 valence electrons. The third kappa shape index (κ3) is 15.8. The molecule has 4 aromatic heterocycles. The number of carboxylic acid groups (broad SMARTS) is 1. The predicted octanol–water partition coefficient (Wildman–Crippen LogP) is -0.177. The van der Waals surface area contributed by atoms with Gasteiger partial charge in [-0.2, -0.15) is 0 Å². The van der Waals surface area contributed by atoms with Gasteiger partial charge in [-0.25, -0.2) is 0 Å². The molecule has 76 heavy (non-hydrogen) atoms. The number of carbonyl (C=O) groups excluding carboxylic acids is 5. The number of ketones is 1. The summed E-state index contributed by atoms with van der Waals surface area (Å²) in [5.74, 6) is -7.67. The monoisotopic (exact) mass is 1050 g/mol. The number of carbonyl (C=O) groups is 6. The fourth-order valence-electron chi connectivity index (χ4n) is 8.11. The molecule has 1 atom stereocenters. The van der Waals surface area contributed by atoms with Crippen LogP contribution in [-0.4, -0.2) is 148 Å². The lowest BCUT2D eigenvalue weighted by atomic mass is 9.97. The lowest BCUT2D eigenvalue weighted by Crippen LogP contribution is -2.45. The largest absolute Gasteiger partial charge is 0.503 e. The van der Waals surface area contributed by atoms with E-state index >= 15 is 0 Å². The number of pyridine rings is 4. The topological polar surface area (TPSA) is 346 Å². The predicted molar refractivity (Wildman–Crippen MR) is 276 cm³/mol. The number of nitrogens with one attached hydrogen (secondary N) is 4. The van der Waals surface area contributed by atoms with Crippen LogP contribution in [0.4, 0.5) is 5.69 Å². The van der Waals surface area contributed by atoms with E-state index in [0.29, 0.717) is 12.1 Å². The molecular weight excluding hydrogens is 993 g/mol. The third-order valence-electron chi connectivity index (χ3n) is 12.4. The number of benzene rings is 1. The number of hydrogen-bond donors (Lipinski definition) is 9. The molecule has 0 radical (unpaired) electrons. The Morgan fingerprint density at radius 2 is 0.868 bits per heavy atom. The number of Topliss-reactive ketones (excluding diaryl/α,β-unsaturated/α-hetero) is 1. The van der Waals surface area contributed by atoms with Crippen molar-refractivity contribution in [2.45, 2.75) is 32.1 Å². The van der Waals surface area contributed by atoms with Crippen LogP contribution < -0.4 is 43.5 Å². The van der Waals surface area contributed by atoms with Crippen molar-refractivity contribution in [3.05, 3.63) is 143 Å². The molecule has 25 heteroatoms. The van der Waals surface area contributed by atoms with Gasteiger partial charge in [-0.1, -0.05) is 12.1 Å². The van der Waals surface area contributed by atoms with Crippen molar-refractivity contribution < 1.29 is 54.3 Å². The van der Waals surface area contributed by atoms with E-state index in [4.69, 9.17) is 5.11 Å². The van der Waals surface area contributed by atoms with Gasteiger partial charge in [0.1, 0.15) is 0 Å². The Morgan fingerprint density at radius 1 is 0.500 bits per heavy atom. The Kier molecular flexibility index (Phi) is 20.6. The number of hydrogen-bond acceptors (Lipinski definition) is 16. The highest BCUT2D eigenvalue weighted by Crippen LogP contribution is 2.19. The second kappa shape index (κ2) is 26.9. The molecule has 4 heterocycles. The summed E-state index contributed by atoms with van der Waals surface area (Å²) in [6, 6.07) is 12.0. The average molecular weight is 1060 g/mol. The van der Waals surface area contributed by atoms with E-state index in [1.807, 2.05) is 9.80 Å². The maximum atomic E-state index is 13.4. The maximum Gasteiger partial charge on any atom is 0.303 e. The molecule has 0 spiro atoms. The highest BCUT2D eigenvalue weighted by molar-refractivity contribution is 5.99. The van der Waals surface area contributed by atoms with Crippen LogP contribution in [0.15, 0.2) is 92.5 Å². The van der Waals surface area contributed by atoms with Crippen molar-refractivity contribution >= 4 is 41.1 Å². The molecule has 0 bridgehead atoms. The molecule has 1 aromatic carbocycles. The van der Waals surface area contributed by atoms with Crippen LogP contribution in [0.25, 0.3) is 0 Å². The van der Waals surface area contributed by atoms with Crippen molar-refractivity contribution in [3.8, 4) is 23.0 Å². The summed E-state index contributed by atoms with van der Waals surface area (Å²) in [4.78, 5) is 130. The lowest BCUT2D eigenvalue weighted by Gasteiger charge is -2.32. The Balaban J connectivity index is 1.45. The van der Waals surface area contributed by atoms with Gasteiger partial charge in [-0.3, -0.25) is 52.8 Å². The average Bonchev–Trinajstić information content (AvgIpc) is 3.37. The number of aliphatic carboxylic acids is 1. The van der Waals surface area contributed by atoms with E-state index in [1.165, 1.54) is 77.2 Å². The second-order valence-corrected chi connectivity index (χ2v) is 18.1. The van der Waals surface area contributed by atoms with Crippen LogP contribution in [0.3, 0.4) is 0 Å². The molecule has 0 aliphatic heterocycles. The summed E-state index contributed by atoms with van der Waals surface area (Å²) in [6.45, 7) is 0.958. The molecule has 4 amide bonds.